The van der Waals surface area contributed by atoms with Gasteiger partial charge in [-0.25, -0.2) is 4.39 Å². The predicted octanol–water partition coefficient (Wildman–Crippen LogP) is 2.00. The summed E-state index contributed by atoms with van der Waals surface area (Å²) in [6, 6.07) is 4.07. The first-order chi connectivity index (χ1) is 6.99. The van der Waals surface area contributed by atoms with E-state index >= 15 is 0 Å². The van der Waals surface area contributed by atoms with Crippen molar-refractivity contribution in [2.45, 2.75) is 6.54 Å². The molecule has 5 heteroatoms. The highest BCUT2D eigenvalue weighted by atomic mass is 35.5. The average Bonchev–Trinajstić information content (AvgIpc) is 2.08. The Morgan fingerprint density at radius 3 is 2.80 bits per heavy atom. The molecule has 0 aliphatic rings. The zero-order valence-corrected chi connectivity index (χ0v) is 8.96. The molecule has 0 atom stereocenters. The summed E-state index contributed by atoms with van der Waals surface area (Å²) in [7, 11) is 1.66. The summed E-state index contributed by atoms with van der Waals surface area (Å²) in [5, 5.41) is 8.85. The number of carboxylic acid groups (broad SMARTS) is 1. The lowest BCUT2D eigenvalue weighted by atomic mass is 10.2. The van der Waals surface area contributed by atoms with Crippen LogP contribution in [0.4, 0.5) is 4.39 Å². The lowest BCUT2D eigenvalue weighted by Crippen LogP contribution is -2.25. The van der Waals surface area contributed by atoms with E-state index in [1.165, 1.54) is 12.1 Å². The van der Waals surface area contributed by atoms with Gasteiger partial charge in [0, 0.05) is 11.6 Å². The van der Waals surface area contributed by atoms with E-state index in [4.69, 9.17) is 16.7 Å². The minimum absolute atomic E-state index is 0.0757. The first kappa shape index (κ1) is 11.9. The number of hydrogen-bond acceptors (Lipinski definition) is 2. The fourth-order valence-corrected chi connectivity index (χ4v) is 1.45. The van der Waals surface area contributed by atoms with E-state index in [0.717, 1.165) is 0 Å². The topological polar surface area (TPSA) is 40.5 Å². The van der Waals surface area contributed by atoms with Crippen molar-refractivity contribution in [1.29, 1.82) is 0 Å². The van der Waals surface area contributed by atoms with Gasteiger partial charge < -0.3 is 5.11 Å². The van der Waals surface area contributed by atoms with Crippen LogP contribution in [0.25, 0.3) is 0 Å². The lowest BCUT2D eigenvalue weighted by Gasteiger charge is -2.14. The van der Waals surface area contributed by atoms with Crippen molar-refractivity contribution >= 4 is 17.6 Å². The van der Waals surface area contributed by atoms with E-state index < -0.39 is 11.8 Å². The fraction of sp³-hybridized carbons (Fsp3) is 0.300. The second-order valence-corrected chi connectivity index (χ2v) is 3.71. The maximum absolute atomic E-state index is 12.7. The molecule has 1 aromatic rings. The number of carbonyl (C=O) groups is 1. The maximum atomic E-state index is 12.7. The minimum Gasteiger partial charge on any atom is -0.480 e. The third-order valence-corrected chi connectivity index (χ3v) is 2.21. The van der Waals surface area contributed by atoms with Gasteiger partial charge in [0.25, 0.3) is 0 Å². The van der Waals surface area contributed by atoms with Crippen LogP contribution in [0, 0.1) is 5.82 Å². The molecular formula is C10H11ClFNO2. The largest absolute Gasteiger partial charge is 0.480 e. The third kappa shape index (κ3) is 3.85. The number of nitrogens with zero attached hydrogens (tertiary/aromatic N) is 1. The van der Waals surface area contributed by atoms with Gasteiger partial charge in [-0.05, 0) is 24.7 Å². The van der Waals surface area contributed by atoms with Gasteiger partial charge in [-0.15, -0.1) is 0 Å². The Morgan fingerprint density at radius 1 is 1.60 bits per heavy atom. The van der Waals surface area contributed by atoms with Gasteiger partial charge in [-0.3, -0.25) is 9.69 Å². The molecule has 0 aliphatic heterocycles. The van der Waals surface area contributed by atoms with E-state index in [1.807, 2.05) is 0 Å². The van der Waals surface area contributed by atoms with Gasteiger partial charge >= 0.3 is 5.97 Å². The van der Waals surface area contributed by atoms with Crippen LogP contribution in [0.1, 0.15) is 5.56 Å². The Morgan fingerprint density at radius 2 is 2.27 bits per heavy atom. The molecule has 0 radical (unpaired) electrons. The molecule has 0 aliphatic carbocycles. The molecule has 82 valence electrons. The van der Waals surface area contributed by atoms with Gasteiger partial charge in [0.05, 0.1) is 6.54 Å². The third-order valence-electron chi connectivity index (χ3n) is 1.86. The molecule has 1 rings (SSSR count). The summed E-state index contributed by atoms with van der Waals surface area (Å²) in [5.74, 6) is -1.31. The molecule has 1 aromatic carbocycles. The Kier molecular flexibility index (Phi) is 4.05. The van der Waals surface area contributed by atoms with Gasteiger partial charge in [0.2, 0.25) is 0 Å². The summed E-state index contributed by atoms with van der Waals surface area (Å²) in [6.07, 6.45) is 0. The molecule has 0 bridgehead atoms. The average molecular weight is 232 g/mol. The van der Waals surface area contributed by atoms with Gasteiger partial charge in [-0.2, -0.15) is 0 Å². The van der Waals surface area contributed by atoms with Crippen LogP contribution >= 0.6 is 11.6 Å². The minimum atomic E-state index is -0.907. The van der Waals surface area contributed by atoms with Crippen molar-refractivity contribution in [1.82, 2.24) is 4.90 Å². The Labute approximate surface area is 92.1 Å². The number of benzene rings is 1. The normalized spacial score (nSPS) is 10.7. The predicted molar refractivity (Wildman–Crippen MR) is 55.4 cm³/mol. The van der Waals surface area contributed by atoms with Crippen molar-refractivity contribution in [3.63, 3.8) is 0 Å². The fourth-order valence-electron chi connectivity index (χ4n) is 1.23. The van der Waals surface area contributed by atoms with Crippen molar-refractivity contribution < 1.29 is 14.3 Å². The summed E-state index contributed by atoms with van der Waals surface area (Å²) in [4.78, 5) is 12.0. The van der Waals surface area contributed by atoms with Crippen LogP contribution < -0.4 is 0 Å². The molecule has 15 heavy (non-hydrogen) atoms. The van der Waals surface area contributed by atoms with Crippen LogP contribution in [0.2, 0.25) is 5.02 Å². The van der Waals surface area contributed by atoms with Crippen LogP contribution in [-0.4, -0.2) is 29.6 Å². The first-order valence-electron chi connectivity index (χ1n) is 4.33. The summed E-state index contributed by atoms with van der Waals surface area (Å²) >= 11 is 5.80. The van der Waals surface area contributed by atoms with Crippen LogP contribution in [0.5, 0.6) is 0 Å². The number of halogens is 2. The summed E-state index contributed by atoms with van der Waals surface area (Å²) in [6.45, 7) is 0.305. The smallest absolute Gasteiger partial charge is 0.317 e. The molecular weight excluding hydrogens is 221 g/mol. The van der Waals surface area contributed by atoms with Crippen molar-refractivity contribution in [3.8, 4) is 0 Å². The highest BCUT2D eigenvalue weighted by molar-refractivity contribution is 6.31. The Hall–Kier alpha value is -1.13. The SMILES string of the molecule is CN(CC(=O)O)Cc1ccc(F)cc1Cl. The van der Waals surface area contributed by atoms with Gasteiger partial charge in [0.15, 0.2) is 0 Å². The molecule has 0 aromatic heterocycles. The number of likely N-dealkylation sites (N-methyl/N-ethyl adjacent to an activating group) is 1. The van der Waals surface area contributed by atoms with Crippen LogP contribution in [0.3, 0.4) is 0 Å². The zero-order chi connectivity index (χ0) is 11.4. The lowest BCUT2D eigenvalue weighted by molar-refractivity contribution is -0.138. The maximum Gasteiger partial charge on any atom is 0.317 e. The number of hydrogen-bond donors (Lipinski definition) is 1. The summed E-state index contributed by atoms with van der Waals surface area (Å²) in [5.41, 5.74) is 0.710. The van der Waals surface area contributed by atoms with E-state index in [2.05, 4.69) is 0 Å². The van der Waals surface area contributed by atoms with Crippen LogP contribution in [-0.2, 0) is 11.3 Å². The second kappa shape index (κ2) is 5.09. The van der Waals surface area contributed by atoms with E-state index in [9.17, 15) is 9.18 Å². The number of rotatable bonds is 4. The van der Waals surface area contributed by atoms with E-state index in [0.29, 0.717) is 17.1 Å². The Bertz CT molecular complexity index is 370. The van der Waals surface area contributed by atoms with Gasteiger partial charge in [-0.1, -0.05) is 17.7 Å². The number of carboxylic acids is 1. The van der Waals surface area contributed by atoms with E-state index in [-0.39, 0.29) is 6.54 Å². The molecule has 0 saturated heterocycles. The quantitative estimate of drug-likeness (QED) is 0.862. The second-order valence-electron chi connectivity index (χ2n) is 3.30. The molecule has 0 unspecified atom stereocenters. The molecule has 0 spiro atoms. The molecule has 0 saturated carbocycles. The number of aliphatic carboxylic acids is 1. The highest BCUT2D eigenvalue weighted by Crippen LogP contribution is 2.18. The van der Waals surface area contributed by atoms with Crippen molar-refractivity contribution in [2.75, 3.05) is 13.6 Å². The van der Waals surface area contributed by atoms with Crippen molar-refractivity contribution in [2.24, 2.45) is 0 Å². The first-order valence-corrected chi connectivity index (χ1v) is 4.71. The molecule has 3 nitrogen and oxygen atoms in total. The zero-order valence-electron chi connectivity index (χ0n) is 8.20. The van der Waals surface area contributed by atoms with E-state index in [1.54, 1.807) is 18.0 Å². The van der Waals surface area contributed by atoms with Gasteiger partial charge in [0.1, 0.15) is 5.82 Å². The van der Waals surface area contributed by atoms with Crippen LogP contribution in [0.15, 0.2) is 18.2 Å². The molecule has 1 N–H and O–H groups in total. The molecule has 0 amide bonds. The molecule has 0 heterocycles. The molecule has 0 fully saturated rings. The highest BCUT2D eigenvalue weighted by Gasteiger charge is 2.08. The monoisotopic (exact) mass is 231 g/mol. The van der Waals surface area contributed by atoms with Crippen molar-refractivity contribution in [3.05, 3.63) is 34.6 Å². The Balaban J connectivity index is 2.68. The standard InChI is InChI=1S/C10H11ClFNO2/c1-13(6-10(14)15)5-7-2-3-8(12)4-9(7)11/h2-4H,5-6H2,1H3,(H,14,15). The summed E-state index contributed by atoms with van der Waals surface area (Å²) < 4.78 is 12.7.